The van der Waals surface area contributed by atoms with Gasteiger partial charge < -0.3 is 15.5 Å². The van der Waals surface area contributed by atoms with Gasteiger partial charge in [0.05, 0.1) is 12.0 Å². The second kappa shape index (κ2) is 12.0. The molecule has 4 N–H and O–H groups in total. The van der Waals surface area contributed by atoms with Crippen LogP contribution in [-0.4, -0.2) is 49.1 Å². The van der Waals surface area contributed by atoms with Crippen molar-refractivity contribution in [1.29, 1.82) is 0 Å². The number of amides is 1. The average Bonchev–Trinajstić information content (AvgIpc) is 3.41. The number of thiophene rings is 1. The molecule has 15 heteroatoms. The first kappa shape index (κ1) is 33.3. The highest BCUT2D eigenvalue weighted by molar-refractivity contribution is 7.91. The quantitative estimate of drug-likeness (QED) is 0.229. The number of fused-ring (bicyclic) bond motifs is 2. The van der Waals surface area contributed by atoms with Crippen LogP contribution in [0.5, 0.6) is 0 Å². The zero-order valence-electron chi connectivity index (χ0n) is 25.6. The molecule has 1 aliphatic carbocycles. The van der Waals surface area contributed by atoms with E-state index in [4.69, 9.17) is 0 Å². The highest BCUT2D eigenvalue weighted by atomic mass is 32.2. The molecule has 0 fully saturated rings. The third kappa shape index (κ3) is 6.32. The smallest absolute Gasteiger partial charge is 0.422 e. The molecule has 1 atom stereocenters. The minimum Gasteiger partial charge on any atom is -0.506 e. The number of carboxylic acid groups (broad SMARTS) is 1. The highest BCUT2D eigenvalue weighted by Gasteiger charge is 2.47. The van der Waals surface area contributed by atoms with Crippen molar-refractivity contribution < 1.29 is 36.6 Å². The predicted octanol–water partition coefficient (Wildman–Crippen LogP) is 5.41. The number of nitrogens with one attached hydrogen (secondary N) is 2. The lowest BCUT2D eigenvalue weighted by atomic mass is 9.65. The van der Waals surface area contributed by atoms with Crippen LogP contribution in [0, 0.1) is 5.41 Å². The van der Waals surface area contributed by atoms with Crippen molar-refractivity contribution in [2.45, 2.75) is 63.9 Å². The molecular formula is C31H34N4O8S3. The van der Waals surface area contributed by atoms with Gasteiger partial charge in [-0.25, -0.2) is 4.79 Å². The summed E-state index contributed by atoms with van der Waals surface area (Å²) in [7, 11) is -9.11. The Hall–Kier alpha value is -4.05. The van der Waals surface area contributed by atoms with E-state index in [9.17, 15) is 36.6 Å². The van der Waals surface area contributed by atoms with Gasteiger partial charge in [0.25, 0.3) is 10.0 Å². The van der Waals surface area contributed by atoms with Gasteiger partial charge in [0.2, 0.25) is 0 Å². The second-order valence-corrected chi connectivity index (χ2v) is 16.7. The molecule has 1 aliphatic heterocycles. The molecule has 0 saturated carbocycles. The Morgan fingerprint density at radius 3 is 2.41 bits per heavy atom. The summed E-state index contributed by atoms with van der Waals surface area (Å²) >= 11 is 0.940. The number of benzene rings is 2. The van der Waals surface area contributed by atoms with E-state index < -0.39 is 56.4 Å². The number of aliphatic hydroxyl groups excluding tert-OH is 1. The van der Waals surface area contributed by atoms with Crippen LogP contribution in [0.15, 0.2) is 74.8 Å². The number of carbonyl (C=O) groups excluding carboxylic acids is 1. The number of sulfonamides is 1. The standard InChI is InChI=1S/C31H34N4O8S3/c1-30(2,3)14-15-31(4)22-13-9-8-12-21(22)24(36)23(26(31)37)27-33-28-25(45(40,41)34-27)20(18-44-28)16-32-46(42,43)35(29(38)39)17-19-10-6-5-7-11-19/h5-13,18,32,36H,14-17H2,1-4H3,(H,33,34)(H,38,39)/t31-/m1/s1. The van der Waals surface area contributed by atoms with Gasteiger partial charge in [0, 0.05) is 17.7 Å². The molecule has 2 aliphatic rings. The molecule has 1 amide bonds. The van der Waals surface area contributed by atoms with Gasteiger partial charge in [-0.3, -0.25) is 4.79 Å². The zero-order chi connectivity index (χ0) is 33.7. The molecule has 5 rings (SSSR count). The average molecular weight is 687 g/mol. The number of rotatable bonds is 9. The van der Waals surface area contributed by atoms with Gasteiger partial charge in [0.15, 0.2) is 11.6 Å². The van der Waals surface area contributed by atoms with Crippen LogP contribution in [0.2, 0.25) is 0 Å². The maximum Gasteiger partial charge on any atom is 0.422 e. The van der Waals surface area contributed by atoms with Crippen molar-refractivity contribution in [2.24, 2.45) is 9.81 Å². The Morgan fingerprint density at radius 1 is 1.11 bits per heavy atom. The number of carbonyl (C=O) groups is 2. The molecule has 46 heavy (non-hydrogen) atoms. The number of ketones is 1. The summed E-state index contributed by atoms with van der Waals surface area (Å²) in [5, 5.41) is 25.3. The van der Waals surface area contributed by atoms with E-state index in [2.05, 4.69) is 35.2 Å². The van der Waals surface area contributed by atoms with Crippen LogP contribution in [0.25, 0.3) is 5.76 Å². The molecular weight excluding hydrogens is 653 g/mol. The molecule has 0 spiro atoms. The molecule has 12 nitrogen and oxygen atoms in total. The molecule has 0 radical (unpaired) electrons. The van der Waals surface area contributed by atoms with Crippen LogP contribution in [-0.2, 0) is 43.5 Å². The first-order valence-electron chi connectivity index (χ1n) is 14.3. The lowest BCUT2D eigenvalue weighted by Gasteiger charge is -2.37. The van der Waals surface area contributed by atoms with Crippen LogP contribution >= 0.6 is 11.3 Å². The molecule has 3 aromatic rings. The summed E-state index contributed by atoms with van der Waals surface area (Å²) in [5.74, 6) is -1.20. The van der Waals surface area contributed by atoms with Crippen LogP contribution in [0.3, 0.4) is 0 Å². The lowest BCUT2D eigenvalue weighted by Crippen LogP contribution is -2.43. The number of nitrogens with zero attached hydrogens (tertiary/aromatic N) is 2. The van der Waals surface area contributed by atoms with E-state index in [0.29, 0.717) is 29.5 Å². The largest absolute Gasteiger partial charge is 0.506 e. The Balaban J connectivity index is 1.45. The van der Waals surface area contributed by atoms with Crippen LogP contribution in [0.4, 0.5) is 9.80 Å². The van der Waals surface area contributed by atoms with E-state index in [1.807, 2.05) is 0 Å². The van der Waals surface area contributed by atoms with Crippen molar-refractivity contribution in [3.8, 4) is 0 Å². The summed E-state index contributed by atoms with van der Waals surface area (Å²) in [4.78, 5) is 25.7. The predicted molar refractivity (Wildman–Crippen MR) is 175 cm³/mol. The lowest BCUT2D eigenvalue weighted by molar-refractivity contribution is -0.120. The Kier molecular flexibility index (Phi) is 8.66. The minimum atomic E-state index is -4.61. The number of hydrogen-bond acceptors (Lipinski definition) is 9. The summed E-state index contributed by atoms with van der Waals surface area (Å²) in [5.41, 5.74) is 0.0752. The second-order valence-electron chi connectivity index (χ2n) is 12.6. The number of aliphatic hydroxyl groups is 1. The fourth-order valence-electron chi connectivity index (χ4n) is 5.43. The first-order valence-corrected chi connectivity index (χ1v) is 18.1. The highest BCUT2D eigenvalue weighted by Crippen LogP contribution is 2.46. The number of Topliss-reactive ketones (excluding diaryl/α,β-unsaturated/α-hetero) is 1. The molecule has 1 aromatic heterocycles. The molecule has 2 heterocycles. The van der Waals surface area contributed by atoms with E-state index >= 15 is 0 Å². The topological polar surface area (TPSA) is 183 Å². The summed E-state index contributed by atoms with van der Waals surface area (Å²) in [6.45, 7) is 6.95. The maximum absolute atomic E-state index is 14.2. The van der Waals surface area contributed by atoms with E-state index in [0.717, 1.165) is 11.3 Å². The molecule has 244 valence electrons. The number of anilines is 1. The van der Waals surface area contributed by atoms with Crippen LogP contribution in [0.1, 0.15) is 62.8 Å². The van der Waals surface area contributed by atoms with E-state index in [-0.39, 0.29) is 36.6 Å². The molecule has 2 aromatic carbocycles. The molecule has 0 bridgehead atoms. The van der Waals surface area contributed by atoms with Gasteiger partial charge in [-0.15, -0.1) is 15.7 Å². The van der Waals surface area contributed by atoms with Crippen molar-refractivity contribution in [1.82, 2.24) is 9.03 Å². The monoisotopic (exact) mass is 686 g/mol. The summed E-state index contributed by atoms with van der Waals surface area (Å²) in [6, 6.07) is 15.1. The third-order valence-corrected chi connectivity index (χ3v) is 11.8. The normalized spacial score (nSPS) is 19.1. The van der Waals surface area contributed by atoms with Gasteiger partial charge in [-0.05, 0) is 41.7 Å². The van der Waals surface area contributed by atoms with Gasteiger partial charge >= 0.3 is 16.3 Å². The number of hydrogen-bond donors (Lipinski definition) is 4. The minimum absolute atomic E-state index is 0.0254. The van der Waals surface area contributed by atoms with E-state index in [1.165, 1.54) is 5.38 Å². The third-order valence-electron chi connectivity index (χ3n) is 7.99. The van der Waals surface area contributed by atoms with Gasteiger partial charge in [-0.2, -0.15) is 25.9 Å². The zero-order valence-corrected chi connectivity index (χ0v) is 28.0. The first-order chi connectivity index (χ1) is 21.4. The maximum atomic E-state index is 14.2. The summed E-state index contributed by atoms with van der Waals surface area (Å²) < 4.78 is 59.4. The van der Waals surface area contributed by atoms with E-state index in [1.54, 1.807) is 61.5 Å². The van der Waals surface area contributed by atoms with Crippen molar-refractivity contribution >= 4 is 60.0 Å². The van der Waals surface area contributed by atoms with Crippen molar-refractivity contribution in [3.05, 3.63) is 87.8 Å². The summed E-state index contributed by atoms with van der Waals surface area (Å²) in [6.07, 6.45) is -0.599. The fourth-order valence-corrected chi connectivity index (χ4v) is 9.06. The SMILES string of the molecule is CC(C)(C)CC[C@@]1(C)C(=O)C(C2=NS(=O)(=O)c3c(CNS(=O)(=O)N(Cc4ccccc4)C(=O)O)csc3N2)=C(O)c2ccccc21. The Morgan fingerprint density at radius 2 is 1.76 bits per heavy atom. The Labute approximate surface area is 271 Å². The van der Waals surface area contributed by atoms with Gasteiger partial charge in [0.1, 0.15) is 21.2 Å². The van der Waals surface area contributed by atoms with Gasteiger partial charge in [-0.1, -0.05) is 75.4 Å². The fraction of sp³-hybridized carbons (Fsp3) is 0.323. The van der Waals surface area contributed by atoms with Crippen molar-refractivity contribution in [3.63, 3.8) is 0 Å². The number of amidine groups is 1. The Bertz CT molecular complexity index is 2000. The molecule has 0 unspecified atom stereocenters. The van der Waals surface area contributed by atoms with Crippen molar-refractivity contribution in [2.75, 3.05) is 5.32 Å². The van der Waals surface area contributed by atoms with Crippen LogP contribution < -0.4 is 10.0 Å². The molecule has 0 saturated heterocycles.